The molecule has 0 spiro atoms. The van der Waals surface area contributed by atoms with E-state index in [2.05, 4.69) is 200 Å². The Balaban J connectivity index is 1.08. The van der Waals surface area contributed by atoms with E-state index in [1.807, 2.05) is 6.07 Å². The van der Waals surface area contributed by atoms with Crippen molar-refractivity contribution in [1.82, 2.24) is 9.97 Å². The standard InChI is InChI=1S/C56H34N2/c1-2-15-38(16-3-1)56-57-52(36-26-28-37(29-27-36)54-41-19-7-5-17-39(41)32-49-40-18-6-4-14-35(40)30-31-48(49)54)34-53(58-56)50-33-51-44-22-9-8-20-42(44)43-21-10-12-24-46(43)55(51)47-25-13-11-23-45(47)50/h1-34H. The SMILES string of the molecule is c1ccc(-c2nc(-c3ccc(-c4c5ccccc5cc5c4ccc4ccccc45)cc3)cc(-c3cc4c5ccccc5c5ccccc5c4c4ccccc34)n2)cc1. The van der Waals surface area contributed by atoms with Gasteiger partial charge in [-0.15, -0.1) is 0 Å². The Hall–Kier alpha value is -7.68. The molecule has 58 heavy (non-hydrogen) atoms. The Morgan fingerprint density at radius 2 is 0.793 bits per heavy atom. The Bertz CT molecular complexity index is 3610. The fourth-order valence-corrected chi connectivity index (χ4v) is 9.37. The van der Waals surface area contributed by atoms with Crippen LogP contribution in [0.3, 0.4) is 0 Å². The van der Waals surface area contributed by atoms with Gasteiger partial charge in [-0.1, -0.05) is 188 Å². The number of hydrogen-bond acceptors (Lipinski definition) is 2. The van der Waals surface area contributed by atoms with E-state index in [-0.39, 0.29) is 0 Å². The second kappa shape index (κ2) is 12.9. The van der Waals surface area contributed by atoms with Crippen LogP contribution in [0.1, 0.15) is 0 Å². The highest BCUT2D eigenvalue weighted by atomic mass is 14.9. The molecule has 2 heteroatoms. The zero-order valence-corrected chi connectivity index (χ0v) is 31.5. The van der Waals surface area contributed by atoms with Crippen LogP contribution in [0.2, 0.25) is 0 Å². The molecule has 0 unspecified atom stereocenters. The van der Waals surface area contributed by atoms with Gasteiger partial charge in [0.15, 0.2) is 5.82 Å². The van der Waals surface area contributed by atoms with Crippen LogP contribution < -0.4 is 0 Å². The first-order chi connectivity index (χ1) is 28.8. The summed E-state index contributed by atoms with van der Waals surface area (Å²) in [5, 5.41) is 17.5. The highest BCUT2D eigenvalue weighted by Gasteiger charge is 2.18. The highest BCUT2D eigenvalue weighted by Crippen LogP contribution is 2.44. The average molecular weight is 735 g/mol. The molecule has 0 fully saturated rings. The Labute approximate surface area is 335 Å². The molecule has 0 saturated heterocycles. The summed E-state index contributed by atoms with van der Waals surface area (Å²) in [5.41, 5.74) is 7.33. The topological polar surface area (TPSA) is 25.8 Å². The quantitative estimate of drug-likeness (QED) is 0.133. The van der Waals surface area contributed by atoms with Crippen LogP contribution in [-0.4, -0.2) is 9.97 Å². The van der Waals surface area contributed by atoms with Gasteiger partial charge < -0.3 is 0 Å². The summed E-state index contributed by atoms with van der Waals surface area (Å²) in [7, 11) is 0. The average Bonchev–Trinajstić information content (AvgIpc) is 3.30. The van der Waals surface area contributed by atoms with Gasteiger partial charge in [0.1, 0.15) is 0 Å². The summed E-state index contributed by atoms with van der Waals surface area (Å²) in [6.45, 7) is 0. The monoisotopic (exact) mass is 734 g/mol. The van der Waals surface area contributed by atoms with Crippen LogP contribution in [0.15, 0.2) is 206 Å². The lowest BCUT2D eigenvalue weighted by Gasteiger charge is -2.17. The summed E-state index contributed by atoms with van der Waals surface area (Å²) in [5.74, 6) is 0.705. The summed E-state index contributed by atoms with van der Waals surface area (Å²) in [4.78, 5) is 10.6. The van der Waals surface area contributed by atoms with Gasteiger partial charge in [0, 0.05) is 16.7 Å². The van der Waals surface area contributed by atoms with Crippen LogP contribution in [0.25, 0.3) is 120 Å². The fourth-order valence-electron chi connectivity index (χ4n) is 9.37. The molecule has 0 amide bonds. The number of nitrogens with zero attached hydrogens (tertiary/aromatic N) is 2. The zero-order chi connectivity index (χ0) is 38.2. The number of benzene rings is 11. The van der Waals surface area contributed by atoms with Crippen molar-refractivity contribution in [1.29, 1.82) is 0 Å². The van der Waals surface area contributed by atoms with Gasteiger partial charge in [0.25, 0.3) is 0 Å². The van der Waals surface area contributed by atoms with E-state index in [1.165, 1.54) is 86.5 Å². The third-order valence-electron chi connectivity index (χ3n) is 12.0. The minimum Gasteiger partial charge on any atom is -0.228 e. The van der Waals surface area contributed by atoms with E-state index in [1.54, 1.807) is 0 Å². The van der Waals surface area contributed by atoms with E-state index >= 15 is 0 Å². The number of hydrogen-bond donors (Lipinski definition) is 0. The highest BCUT2D eigenvalue weighted by molar-refractivity contribution is 6.33. The van der Waals surface area contributed by atoms with E-state index in [0.717, 1.165) is 28.1 Å². The maximum Gasteiger partial charge on any atom is 0.160 e. The smallest absolute Gasteiger partial charge is 0.160 e. The molecule has 11 aromatic carbocycles. The molecule has 0 aliphatic heterocycles. The summed E-state index contributed by atoms with van der Waals surface area (Å²) in [6.07, 6.45) is 0. The third kappa shape index (κ3) is 5.05. The first-order valence-corrected chi connectivity index (χ1v) is 19.9. The molecule has 0 bridgehead atoms. The minimum atomic E-state index is 0.705. The largest absolute Gasteiger partial charge is 0.228 e. The molecule has 1 aromatic heterocycles. The van der Waals surface area contributed by atoms with Gasteiger partial charge in [-0.25, -0.2) is 9.97 Å². The van der Waals surface area contributed by atoms with Crippen molar-refractivity contribution in [3.8, 4) is 45.0 Å². The van der Waals surface area contributed by atoms with Crippen LogP contribution >= 0.6 is 0 Å². The number of rotatable bonds is 4. The predicted octanol–water partition coefficient (Wildman–Crippen LogP) is 15.2. The predicted molar refractivity (Wildman–Crippen MR) is 246 cm³/mol. The Kier molecular flexibility index (Phi) is 7.26. The Morgan fingerprint density at radius 3 is 1.53 bits per heavy atom. The fraction of sp³-hybridized carbons (Fsp3) is 0. The van der Waals surface area contributed by atoms with Crippen molar-refractivity contribution < 1.29 is 0 Å². The third-order valence-corrected chi connectivity index (χ3v) is 12.0. The summed E-state index contributed by atoms with van der Waals surface area (Å²) in [6, 6.07) is 74.6. The van der Waals surface area contributed by atoms with Crippen LogP contribution in [0, 0.1) is 0 Å². The van der Waals surface area contributed by atoms with Crippen LogP contribution in [0.5, 0.6) is 0 Å². The molecule has 12 rings (SSSR count). The molecule has 0 aliphatic rings. The molecule has 268 valence electrons. The van der Waals surface area contributed by atoms with Crippen molar-refractivity contribution >= 4 is 75.4 Å². The lowest BCUT2D eigenvalue weighted by molar-refractivity contribution is 1.19. The van der Waals surface area contributed by atoms with Crippen molar-refractivity contribution in [2.45, 2.75) is 0 Å². The van der Waals surface area contributed by atoms with E-state index < -0.39 is 0 Å². The van der Waals surface area contributed by atoms with Crippen molar-refractivity contribution in [3.63, 3.8) is 0 Å². The molecular formula is C56H34N2. The zero-order valence-electron chi connectivity index (χ0n) is 31.5. The lowest BCUT2D eigenvalue weighted by atomic mass is 9.88. The van der Waals surface area contributed by atoms with E-state index in [9.17, 15) is 0 Å². The maximum absolute atomic E-state index is 5.35. The van der Waals surface area contributed by atoms with Gasteiger partial charge in [-0.3, -0.25) is 0 Å². The Morgan fingerprint density at radius 1 is 0.259 bits per heavy atom. The molecule has 0 aliphatic carbocycles. The first-order valence-electron chi connectivity index (χ1n) is 19.9. The molecule has 12 aromatic rings. The number of fused-ring (bicyclic) bond motifs is 12. The molecule has 0 N–H and O–H groups in total. The summed E-state index contributed by atoms with van der Waals surface area (Å²) < 4.78 is 0. The second-order valence-corrected chi connectivity index (χ2v) is 15.2. The van der Waals surface area contributed by atoms with Crippen LogP contribution in [0.4, 0.5) is 0 Å². The van der Waals surface area contributed by atoms with Crippen molar-refractivity contribution in [2.75, 3.05) is 0 Å². The molecule has 1 heterocycles. The van der Waals surface area contributed by atoms with Gasteiger partial charge in [-0.05, 0) is 105 Å². The minimum absolute atomic E-state index is 0.705. The van der Waals surface area contributed by atoms with Crippen molar-refractivity contribution in [2.24, 2.45) is 0 Å². The number of aromatic nitrogens is 2. The molecule has 2 nitrogen and oxygen atoms in total. The normalized spacial score (nSPS) is 11.8. The first kappa shape index (κ1) is 32.6. The lowest BCUT2D eigenvalue weighted by Crippen LogP contribution is -1.97. The second-order valence-electron chi connectivity index (χ2n) is 15.2. The van der Waals surface area contributed by atoms with E-state index in [4.69, 9.17) is 9.97 Å². The van der Waals surface area contributed by atoms with E-state index in [0.29, 0.717) is 5.82 Å². The molecular weight excluding hydrogens is 701 g/mol. The molecule has 0 saturated carbocycles. The van der Waals surface area contributed by atoms with Gasteiger partial charge >= 0.3 is 0 Å². The summed E-state index contributed by atoms with van der Waals surface area (Å²) >= 11 is 0. The van der Waals surface area contributed by atoms with Gasteiger partial charge in [0.05, 0.1) is 11.4 Å². The molecule has 0 radical (unpaired) electrons. The van der Waals surface area contributed by atoms with Gasteiger partial charge in [-0.2, -0.15) is 0 Å². The van der Waals surface area contributed by atoms with Crippen LogP contribution in [-0.2, 0) is 0 Å². The maximum atomic E-state index is 5.35. The van der Waals surface area contributed by atoms with Crippen molar-refractivity contribution in [3.05, 3.63) is 206 Å². The molecule has 0 atom stereocenters. The van der Waals surface area contributed by atoms with Gasteiger partial charge in [0.2, 0.25) is 0 Å².